The second-order valence-corrected chi connectivity index (χ2v) is 10.1. The largest absolute Gasteiger partial charge is 0.508 e. The smallest absolute Gasteiger partial charge is 0.252 e. The van der Waals surface area contributed by atoms with E-state index in [0.29, 0.717) is 11.3 Å². The van der Waals surface area contributed by atoms with Gasteiger partial charge in [-0.05, 0) is 42.7 Å². The summed E-state index contributed by atoms with van der Waals surface area (Å²) < 4.78 is 27.3. The molecule has 2 unspecified atom stereocenters. The van der Waals surface area contributed by atoms with Crippen LogP contribution in [-0.4, -0.2) is 70.0 Å². The van der Waals surface area contributed by atoms with E-state index in [9.17, 15) is 27.9 Å². The lowest BCUT2D eigenvalue weighted by atomic mass is 9.89. The Morgan fingerprint density at radius 3 is 2.67 bits per heavy atom. The standard InChI is InChI=1S/C22H24N4O6S/c23-21(30)22-18(9-11-25(22)20(29)8-7-15-4-3-6-17(27)12-15)26(13-19(22)28)33(31,32)14-16-5-1-2-10-24-16/h1-6,10,12,18,27H,7-9,11,13-14H2,(H2,23,30). The van der Waals surface area contributed by atoms with Gasteiger partial charge in [0, 0.05) is 19.2 Å². The number of carbonyl (C=O) groups excluding carboxylic acids is 3. The highest BCUT2D eigenvalue weighted by atomic mass is 32.2. The molecule has 2 amide bonds. The van der Waals surface area contributed by atoms with Crippen molar-refractivity contribution in [1.82, 2.24) is 14.2 Å². The number of amides is 2. The first-order valence-corrected chi connectivity index (χ1v) is 12.1. The monoisotopic (exact) mass is 472 g/mol. The second-order valence-electron chi connectivity index (χ2n) is 8.20. The summed E-state index contributed by atoms with van der Waals surface area (Å²) in [4.78, 5) is 44.0. The normalized spacial score (nSPS) is 23.0. The summed E-state index contributed by atoms with van der Waals surface area (Å²) in [6, 6.07) is 10.2. The van der Waals surface area contributed by atoms with Gasteiger partial charge in [0.25, 0.3) is 5.91 Å². The van der Waals surface area contributed by atoms with Crippen molar-refractivity contribution in [2.24, 2.45) is 5.73 Å². The average Bonchev–Trinajstić information content (AvgIpc) is 3.30. The second kappa shape index (κ2) is 8.56. The van der Waals surface area contributed by atoms with Crippen LogP contribution in [0.5, 0.6) is 5.75 Å². The number of aromatic hydroxyl groups is 1. The van der Waals surface area contributed by atoms with Crippen LogP contribution in [0.15, 0.2) is 48.7 Å². The average molecular weight is 473 g/mol. The van der Waals surface area contributed by atoms with E-state index < -0.39 is 51.5 Å². The van der Waals surface area contributed by atoms with Gasteiger partial charge in [-0.3, -0.25) is 19.4 Å². The number of nitrogens with zero attached hydrogens (tertiary/aromatic N) is 3. The summed E-state index contributed by atoms with van der Waals surface area (Å²) in [5.74, 6) is -2.58. The van der Waals surface area contributed by atoms with Crippen LogP contribution in [0, 0.1) is 0 Å². The summed E-state index contributed by atoms with van der Waals surface area (Å²) in [5.41, 5.74) is 4.65. The molecule has 1 aromatic heterocycles. The minimum absolute atomic E-state index is 0.0286. The number of pyridine rings is 1. The highest BCUT2D eigenvalue weighted by molar-refractivity contribution is 7.88. The van der Waals surface area contributed by atoms with Crippen molar-refractivity contribution in [1.29, 1.82) is 0 Å². The van der Waals surface area contributed by atoms with Gasteiger partial charge in [0.05, 0.1) is 18.3 Å². The van der Waals surface area contributed by atoms with Gasteiger partial charge in [0.1, 0.15) is 11.5 Å². The molecular formula is C22H24N4O6S. The van der Waals surface area contributed by atoms with Crippen LogP contribution in [-0.2, 0) is 36.6 Å². The molecule has 4 rings (SSSR count). The van der Waals surface area contributed by atoms with E-state index in [1.54, 1.807) is 30.3 Å². The Balaban J connectivity index is 1.58. The maximum absolute atomic E-state index is 13.1. The number of aromatic nitrogens is 1. The fraction of sp³-hybridized carbons (Fsp3) is 0.364. The van der Waals surface area contributed by atoms with Crippen LogP contribution in [0.1, 0.15) is 24.1 Å². The molecule has 174 valence electrons. The molecular weight excluding hydrogens is 448 g/mol. The fourth-order valence-electron chi connectivity index (χ4n) is 4.78. The first-order valence-electron chi connectivity index (χ1n) is 10.5. The fourth-order valence-corrected chi connectivity index (χ4v) is 6.45. The third-order valence-electron chi connectivity index (χ3n) is 6.23. The van der Waals surface area contributed by atoms with Crippen molar-refractivity contribution < 1.29 is 27.9 Å². The number of primary amides is 1. The van der Waals surface area contributed by atoms with Crippen LogP contribution in [0.3, 0.4) is 0 Å². The molecule has 11 heteroatoms. The highest BCUT2D eigenvalue weighted by Gasteiger charge is 2.68. The minimum atomic E-state index is -4.00. The number of fused-ring (bicyclic) bond motifs is 1. The number of aryl methyl sites for hydroxylation is 1. The van der Waals surface area contributed by atoms with Gasteiger partial charge in [0.2, 0.25) is 15.9 Å². The van der Waals surface area contributed by atoms with Gasteiger partial charge >= 0.3 is 0 Å². The van der Waals surface area contributed by atoms with Crippen LogP contribution >= 0.6 is 0 Å². The van der Waals surface area contributed by atoms with Gasteiger partial charge in [-0.1, -0.05) is 18.2 Å². The lowest BCUT2D eigenvalue weighted by Crippen LogP contribution is -2.64. The molecule has 2 atom stereocenters. The summed E-state index contributed by atoms with van der Waals surface area (Å²) in [6.07, 6.45) is 1.84. The summed E-state index contributed by atoms with van der Waals surface area (Å²) in [5, 5.41) is 9.60. The molecule has 0 bridgehead atoms. The molecule has 3 heterocycles. The number of benzene rings is 1. The Labute approximate surface area is 191 Å². The number of hydrogen-bond acceptors (Lipinski definition) is 7. The lowest BCUT2D eigenvalue weighted by molar-refractivity contribution is -0.149. The number of carbonyl (C=O) groups is 3. The predicted octanol–water partition coefficient (Wildman–Crippen LogP) is -0.0405. The van der Waals surface area contributed by atoms with Gasteiger partial charge in [0.15, 0.2) is 11.3 Å². The van der Waals surface area contributed by atoms with Crippen LogP contribution < -0.4 is 5.73 Å². The summed E-state index contributed by atoms with van der Waals surface area (Å²) in [6.45, 7) is -0.493. The molecule has 2 aliphatic heterocycles. The maximum atomic E-state index is 13.1. The zero-order valence-corrected chi connectivity index (χ0v) is 18.6. The highest BCUT2D eigenvalue weighted by Crippen LogP contribution is 2.41. The molecule has 1 aromatic carbocycles. The number of hydrogen-bond donors (Lipinski definition) is 2. The molecule has 2 saturated heterocycles. The van der Waals surface area contributed by atoms with Crippen molar-refractivity contribution in [3.63, 3.8) is 0 Å². The maximum Gasteiger partial charge on any atom is 0.252 e. The Morgan fingerprint density at radius 1 is 1.21 bits per heavy atom. The molecule has 0 saturated carbocycles. The molecule has 0 spiro atoms. The first-order chi connectivity index (χ1) is 15.7. The number of rotatable bonds is 7. The van der Waals surface area contributed by atoms with Crippen LogP contribution in [0.25, 0.3) is 0 Å². The van der Waals surface area contributed by atoms with Gasteiger partial charge in [-0.25, -0.2) is 8.42 Å². The molecule has 3 N–H and O–H groups in total. The number of sulfonamides is 1. The van der Waals surface area contributed by atoms with E-state index in [-0.39, 0.29) is 31.6 Å². The topological polar surface area (TPSA) is 151 Å². The number of Topliss-reactive ketones (excluding diaryl/α,β-unsaturated/α-hetero) is 1. The van der Waals surface area contributed by atoms with Gasteiger partial charge in [-0.15, -0.1) is 0 Å². The third-order valence-corrected chi connectivity index (χ3v) is 7.99. The number of phenolic OH excluding ortho intramolecular Hbond substituents is 1. The van der Waals surface area contributed by atoms with E-state index in [1.807, 2.05) is 0 Å². The predicted molar refractivity (Wildman–Crippen MR) is 117 cm³/mol. The Bertz CT molecular complexity index is 1200. The van der Waals surface area contributed by atoms with E-state index in [4.69, 9.17) is 5.73 Å². The number of likely N-dealkylation sites (tertiary alicyclic amines) is 1. The van der Waals surface area contributed by atoms with E-state index in [1.165, 1.54) is 18.3 Å². The molecule has 0 radical (unpaired) electrons. The SMILES string of the molecule is NC(=O)C12C(=O)CN(S(=O)(=O)Cc3ccccn3)C1CCN2C(=O)CCc1cccc(O)c1. The molecule has 0 aliphatic carbocycles. The van der Waals surface area contributed by atoms with Gasteiger partial charge < -0.3 is 15.7 Å². The number of nitrogens with two attached hydrogens (primary N) is 1. The number of ketones is 1. The summed E-state index contributed by atoms with van der Waals surface area (Å²) in [7, 11) is -4.00. The molecule has 2 aromatic rings. The quantitative estimate of drug-likeness (QED) is 0.537. The van der Waals surface area contributed by atoms with Crippen LogP contribution in [0.4, 0.5) is 0 Å². The van der Waals surface area contributed by atoms with Crippen LogP contribution in [0.2, 0.25) is 0 Å². The van der Waals surface area contributed by atoms with Crippen molar-refractivity contribution >= 4 is 27.6 Å². The first kappa shape index (κ1) is 22.9. The van der Waals surface area contributed by atoms with E-state index >= 15 is 0 Å². The van der Waals surface area contributed by atoms with Crippen molar-refractivity contribution in [2.75, 3.05) is 13.1 Å². The Kier molecular flexibility index (Phi) is 5.93. The molecule has 10 nitrogen and oxygen atoms in total. The van der Waals surface area contributed by atoms with Crippen molar-refractivity contribution in [3.05, 3.63) is 59.9 Å². The van der Waals surface area contributed by atoms with Crippen molar-refractivity contribution in [2.45, 2.75) is 36.6 Å². The third kappa shape index (κ3) is 3.98. The number of phenols is 1. The van der Waals surface area contributed by atoms with E-state index in [2.05, 4.69) is 4.98 Å². The Morgan fingerprint density at radius 2 is 2.00 bits per heavy atom. The molecule has 2 fully saturated rings. The molecule has 33 heavy (non-hydrogen) atoms. The Hall–Kier alpha value is -3.31. The lowest BCUT2D eigenvalue weighted by Gasteiger charge is -2.34. The zero-order chi connectivity index (χ0) is 23.8. The zero-order valence-electron chi connectivity index (χ0n) is 17.8. The molecule has 2 aliphatic rings. The summed E-state index contributed by atoms with van der Waals surface area (Å²) >= 11 is 0. The minimum Gasteiger partial charge on any atom is -0.508 e. The van der Waals surface area contributed by atoms with Gasteiger partial charge in [-0.2, -0.15) is 4.31 Å². The van der Waals surface area contributed by atoms with E-state index in [0.717, 1.165) is 9.21 Å². The van der Waals surface area contributed by atoms with Crippen molar-refractivity contribution in [3.8, 4) is 5.75 Å².